The summed E-state index contributed by atoms with van der Waals surface area (Å²) in [6.07, 6.45) is 4.03. The van der Waals surface area contributed by atoms with Gasteiger partial charge >= 0.3 is 5.76 Å². The highest BCUT2D eigenvalue weighted by molar-refractivity contribution is 7.98. The lowest BCUT2D eigenvalue weighted by molar-refractivity contribution is 0.234. The zero-order valence-electron chi connectivity index (χ0n) is 16.0. The molecular formula is C21H20F2N2O3S2. The van der Waals surface area contributed by atoms with E-state index < -0.39 is 20.5 Å². The third-order valence-corrected chi connectivity index (χ3v) is 7.74. The molecule has 2 aromatic carbocycles. The molecule has 0 N–H and O–H groups in total. The summed E-state index contributed by atoms with van der Waals surface area (Å²) >= 11 is 1.39. The van der Waals surface area contributed by atoms with Gasteiger partial charge in [-0.05, 0) is 42.7 Å². The molecule has 0 spiro atoms. The van der Waals surface area contributed by atoms with Gasteiger partial charge in [0.05, 0.1) is 15.8 Å². The standard InChI is InChI=1S/C21H20F2N2O3S2/c22-20(23)30(27,28)16-11-9-14(10-12-16)13-29-21-24-18-8-4-3-7-17(18)19(26)25(21)15-5-1-2-6-15/h3-4,7-12,15,20H,1-2,5-6,13H2. The molecule has 4 rings (SSSR count). The molecule has 0 radical (unpaired) electrons. The Hall–Kier alpha value is -2.26. The first kappa shape index (κ1) is 21.0. The molecule has 0 bridgehead atoms. The number of sulfone groups is 1. The molecular weight excluding hydrogens is 430 g/mol. The SMILES string of the molecule is O=c1c2ccccc2nc(SCc2ccc(S(=O)(=O)C(F)F)cc2)n1C1CCCC1. The van der Waals surface area contributed by atoms with Crippen LogP contribution in [-0.2, 0) is 15.6 Å². The Balaban J connectivity index is 1.64. The van der Waals surface area contributed by atoms with Crippen LogP contribution in [0.2, 0.25) is 0 Å². The molecule has 5 nitrogen and oxygen atoms in total. The molecule has 1 fully saturated rings. The number of hydrogen-bond acceptors (Lipinski definition) is 5. The fourth-order valence-corrected chi connectivity index (χ4v) is 5.48. The number of fused-ring (bicyclic) bond motifs is 1. The smallest absolute Gasteiger partial charge is 0.284 e. The van der Waals surface area contributed by atoms with E-state index in [4.69, 9.17) is 4.98 Å². The van der Waals surface area contributed by atoms with Crippen molar-refractivity contribution in [3.63, 3.8) is 0 Å². The summed E-state index contributed by atoms with van der Waals surface area (Å²) < 4.78 is 50.3. The number of benzene rings is 2. The lowest BCUT2D eigenvalue weighted by Gasteiger charge is -2.18. The van der Waals surface area contributed by atoms with Gasteiger partial charge in [0.25, 0.3) is 5.56 Å². The van der Waals surface area contributed by atoms with E-state index in [0.29, 0.717) is 21.8 Å². The second-order valence-corrected chi connectivity index (χ2v) is 10.1. The van der Waals surface area contributed by atoms with E-state index in [1.807, 2.05) is 18.2 Å². The van der Waals surface area contributed by atoms with Crippen molar-refractivity contribution in [2.75, 3.05) is 0 Å². The summed E-state index contributed by atoms with van der Waals surface area (Å²) in [5, 5.41) is 1.21. The highest BCUT2D eigenvalue weighted by atomic mass is 32.2. The van der Waals surface area contributed by atoms with Crippen LogP contribution in [0.1, 0.15) is 37.3 Å². The average molecular weight is 451 g/mol. The molecule has 0 aliphatic heterocycles. The van der Waals surface area contributed by atoms with E-state index in [2.05, 4.69) is 0 Å². The van der Waals surface area contributed by atoms with Gasteiger partial charge in [-0.1, -0.05) is 48.9 Å². The Morgan fingerprint density at radius 2 is 1.73 bits per heavy atom. The van der Waals surface area contributed by atoms with Crippen LogP contribution in [0.15, 0.2) is 63.4 Å². The molecule has 1 heterocycles. The van der Waals surface area contributed by atoms with Crippen LogP contribution in [0, 0.1) is 0 Å². The summed E-state index contributed by atoms with van der Waals surface area (Å²) in [6.45, 7) is 0. The lowest BCUT2D eigenvalue weighted by atomic mass is 10.2. The van der Waals surface area contributed by atoms with E-state index in [1.165, 1.54) is 36.0 Å². The molecule has 0 saturated heterocycles. The molecule has 3 aromatic rings. The molecule has 158 valence electrons. The molecule has 1 aromatic heterocycles. The third kappa shape index (κ3) is 4.00. The minimum Gasteiger partial charge on any atom is -0.284 e. The fourth-order valence-electron chi connectivity index (χ4n) is 3.74. The molecule has 1 saturated carbocycles. The molecule has 9 heteroatoms. The number of hydrogen-bond donors (Lipinski definition) is 0. The van der Waals surface area contributed by atoms with Gasteiger partial charge < -0.3 is 0 Å². The summed E-state index contributed by atoms with van der Waals surface area (Å²) in [6, 6.07) is 12.8. The fraction of sp³-hybridized carbons (Fsp3) is 0.333. The van der Waals surface area contributed by atoms with Gasteiger partial charge in [-0.3, -0.25) is 9.36 Å². The van der Waals surface area contributed by atoms with Crippen LogP contribution in [0.3, 0.4) is 0 Å². The van der Waals surface area contributed by atoms with E-state index in [9.17, 15) is 22.0 Å². The second kappa shape index (κ2) is 8.47. The van der Waals surface area contributed by atoms with E-state index >= 15 is 0 Å². The van der Waals surface area contributed by atoms with Crippen molar-refractivity contribution in [1.82, 2.24) is 9.55 Å². The van der Waals surface area contributed by atoms with Crippen molar-refractivity contribution >= 4 is 32.5 Å². The van der Waals surface area contributed by atoms with Crippen molar-refractivity contribution in [2.24, 2.45) is 0 Å². The third-order valence-electron chi connectivity index (χ3n) is 5.32. The van der Waals surface area contributed by atoms with Crippen LogP contribution >= 0.6 is 11.8 Å². The number of thioether (sulfide) groups is 1. The molecule has 30 heavy (non-hydrogen) atoms. The maximum atomic E-state index is 13.1. The van der Waals surface area contributed by atoms with Gasteiger partial charge in [-0.25, -0.2) is 13.4 Å². The largest absolute Gasteiger partial charge is 0.341 e. The van der Waals surface area contributed by atoms with Crippen LogP contribution in [0.25, 0.3) is 10.9 Å². The topological polar surface area (TPSA) is 69.0 Å². The van der Waals surface area contributed by atoms with Gasteiger partial charge in [0, 0.05) is 11.8 Å². The van der Waals surface area contributed by atoms with E-state index in [0.717, 1.165) is 31.2 Å². The van der Waals surface area contributed by atoms with Crippen LogP contribution in [0.4, 0.5) is 8.78 Å². The number of nitrogens with zero attached hydrogens (tertiary/aromatic N) is 2. The maximum Gasteiger partial charge on any atom is 0.341 e. The maximum absolute atomic E-state index is 13.1. The molecule has 0 unspecified atom stereocenters. The summed E-state index contributed by atoms with van der Waals surface area (Å²) in [5.74, 6) is -3.01. The van der Waals surface area contributed by atoms with Crippen LogP contribution < -0.4 is 5.56 Å². The summed E-state index contributed by atoms with van der Waals surface area (Å²) in [7, 11) is -4.61. The predicted octanol–water partition coefficient (Wildman–Crippen LogP) is 4.80. The van der Waals surface area contributed by atoms with Gasteiger partial charge in [-0.15, -0.1) is 0 Å². The normalized spacial score (nSPS) is 15.3. The Labute approximate surface area is 177 Å². The average Bonchev–Trinajstić information content (AvgIpc) is 3.27. The van der Waals surface area contributed by atoms with E-state index in [1.54, 1.807) is 10.6 Å². The minimum absolute atomic E-state index is 0.0478. The summed E-state index contributed by atoms with van der Waals surface area (Å²) in [5.41, 5.74) is 1.35. The number of alkyl halides is 2. The van der Waals surface area contributed by atoms with Gasteiger partial charge in [-0.2, -0.15) is 8.78 Å². The van der Waals surface area contributed by atoms with Gasteiger partial charge in [0.1, 0.15) is 0 Å². The van der Waals surface area contributed by atoms with Crippen molar-refractivity contribution < 1.29 is 17.2 Å². The van der Waals surface area contributed by atoms with Crippen molar-refractivity contribution in [3.05, 3.63) is 64.4 Å². The summed E-state index contributed by atoms with van der Waals surface area (Å²) in [4.78, 5) is 17.4. The predicted molar refractivity (Wildman–Crippen MR) is 113 cm³/mol. The monoisotopic (exact) mass is 450 g/mol. The van der Waals surface area contributed by atoms with E-state index in [-0.39, 0.29) is 11.6 Å². The number of para-hydroxylation sites is 1. The Morgan fingerprint density at radius 3 is 2.40 bits per heavy atom. The first-order chi connectivity index (χ1) is 14.4. The molecule has 0 amide bonds. The highest BCUT2D eigenvalue weighted by Gasteiger charge is 2.26. The zero-order chi connectivity index (χ0) is 21.3. The van der Waals surface area contributed by atoms with Crippen LogP contribution in [-0.4, -0.2) is 23.7 Å². The minimum atomic E-state index is -4.61. The first-order valence-corrected chi connectivity index (χ1v) is 12.2. The molecule has 1 aliphatic rings. The highest BCUT2D eigenvalue weighted by Crippen LogP contribution is 2.33. The quantitative estimate of drug-likeness (QED) is 0.399. The molecule has 1 aliphatic carbocycles. The van der Waals surface area contributed by atoms with Crippen molar-refractivity contribution in [2.45, 2.75) is 53.3 Å². The van der Waals surface area contributed by atoms with Crippen molar-refractivity contribution in [1.29, 1.82) is 0 Å². The van der Waals surface area contributed by atoms with Crippen LogP contribution in [0.5, 0.6) is 0 Å². The Kier molecular flexibility index (Phi) is 5.92. The number of aromatic nitrogens is 2. The lowest BCUT2D eigenvalue weighted by Crippen LogP contribution is -2.26. The number of halogens is 2. The van der Waals surface area contributed by atoms with Gasteiger partial charge in [0.2, 0.25) is 9.84 Å². The van der Waals surface area contributed by atoms with Crippen molar-refractivity contribution in [3.8, 4) is 0 Å². The number of rotatable bonds is 6. The van der Waals surface area contributed by atoms with Gasteiger partial charge in [0.15, 0.2) is 5.16 Å². The second-order valence-electron chi connectivity index (χ2n) is 7.26. The zero-order valence-corrected chi connectivity index (χ0v) is 17.6. The Bertz CT molecular complexity index is 1220. The molecule has 0 atom stereocenters. The first-order valence-electron chi connectivity index (χ1n) is 9.63. The Morgan fingerprint density at radius 1 is 1.07 bits per heavy atom.